The minimum atomic E-state index is -2.95. The Balaban J connectivity index is 1.86. The zero-order valence-electron chi connectivity index (χ0n) is 15.2. The summed E-state index contributed by atoms with van der Waals surface area (Å²) in [4.78, 5) is 10.7. The molecule has 140 valence electrons. The van der Waals surface area contributed by atoms with Crippen molar-refractivity contribution in [1.29, 1.82) is 0 Å². The van der Waals surface area contributed by atoms with Crippen LogP contribution in [0, 0.1) is 13.8 Å². The van der Waals surface area contributed by atoms with Crippen LogP contribution in [0.1, 0.15) is 24.5 Å². The third kappa shape index (κ3) is 4.10. The Morgan fingerprint density at radius 3 is 2.65 bits per heavy atom. The fourth-order valence-electron chi connectivity index (χ4n) is 3.40. The van der Waals surface area contributed by atoms with Crippen molar-refractivity contribution in [2.45, 2.75) is 33.2 Å². The number of benzene rings is 1. The number of sulfone groups is 1. The molecule has 1 aromatic heterocycles. The van der Waals surface area contributed by atoms with E-state index in [9.17, 15) is 8.42 Å². The lowest BCUT2D eigenvalue weighted by atomic mass is 10.1. The Bertz CT molecular complexity index is 894. The van der Waals surface area contributed by atoms with Gasteiger partial charge in [-0.15, -0.1) is 0 Å². The van der Waals surface area contributed by atoms with Crippen molar-refractivity contribution < 1.29 is 8.42 Å². The first-order valence-electron chi connectivity index (χ1n) is 8.62. The molecule has 1 atom stereocenters. The molecule has 3 rings (SSSR count). The summed E-state index contributed by atoms with van der Waals surface area (Å²) in [6.45, 7) is 6.67. The van der Waals surface area contributed by atoms with Crippen molar-refractivity contribution in [3.63, 3.8) is 0 Å². The third-order valence-electron chi connectivity index (χ3n) is 4.62. The number of aryl methyl sites for hydroxylation is 2. The van der Waals surface area contributed by atoms with Gasteiger partial charge in [0.2, 0.25) is 0 Å². The van der Waals surface area contributed by atoms with Crippen molar-refractivity contribution in [2.75, 3.05) is 28.3 Å². The zero-order valence-corrected chi connectivity index (χ0v) is 16.7. The van der Waals surface area contributed by atoms with Crippen LogP contribution in [0.5, 0.6) is 0 Å². The molecule has 1 aromatic carbocycles. The van der Waals surface area contributed by atoms with Crippen molar-refractivity contribution >= 4 is 38.8 Å². The van der Waals surface area contributed by atoms with Gasteiger partial charge in [-0.25, -0.2) is 18.4 Å². The highest BCUT2D eigenvalue weighted by Gasteiger charge is 2.32. The molecule has 1 unspecified atom stereocenters. The maximum atomic E-state index is 11.8. The molecule has 1 aliphatic rings. The van der Waals surface area contributed by atoms with Crippen LogP contribution in [-0.2, 0) is 9.84 Å². The molecule has 8 heteroatoms. The summed E-state index contributed by atoms with van der Waals surface area (Å²) in [7, 11) is -2.95. The quantitative estimate of drug-likeness (QED) is 0.836. The smallest absolute Gasteiger partial charge is 0.152 e. The summed E-state index contributed by atoms with van der Waals surface area (Å²) in [5.74, 6) is 1.76. The van der Waals surface area contributed by atoms with Gasteiger partial charge in [-0.3, -0.25) is 0 Å². The average molecular weight is 395 g/mol. The molecule has 1 N–H and O–H groups in total. The monoisotopic (exact) mass is 394 g/mol. The van der Waals surface area contributed by atoms with Crippen LogP contribution in [0.2, 0.25) is 5.02 Å². The Kier molecular flexibility index (Phi) is 5.39. The van der Waals surface area contributed by atoms with E-state index in [2.05, 4.69) is 21.4 Å². The summed E-state index contributed by atoms with van der Waals surface area (Å²) in [5.41, 5.74) is 2.94. The molecule has 26 heavy (non-hydrogen) atoms. The topological polar surface area (TPSA) is 75.2 Å². The second kappa shape index (κ2) is 7.40. The van der Waals surface area contributed by atoms with Crippen LogP contribution in [0.3, 0.4) is 0 Å². The number of aromatic nitrogens is 2. The van der Waals surface area contributed by atoms with Crippen LogP contribution in [0.4, 0.5) is 17.3 Å². The van der Waals surface area contributed by atoms with E-state index in [1.54, 1.807) is 0 Å². The van der Waals surface area contributed by atoms with E-state index in [1.165, 1.54) is 6.33 Å². The molecule has 6 nitrogen and oxygen atoms in total. The van der Waals surface area contributed by atoms with Gasteiger partial charge >= 0.3 is 0 Å². The second-order valence-corrected chi connectivity index (χ2v) is 9.30. The minimum absolute atomic E-state index is 0.0440. The lowest BCUT2D eigenvalue weighted by molar-refractivity contribution is 0.599. The minimum Gasteiger partial charge on any atom is -0.353 e. The van der Waals surface area contributed by atoms with Gasteiger partial charge in [0, 0.05) is 18.7 Å². The molecule has 0 spiro atoms. The molecule has 0 aliphatic carbocycles. The summed E-state index contributed by atoms with van der Waals surface area (Å²) in [6, 6.07) is 5.75. The number of halogens is 1. The standard InChI is InChI=1S/C18H23ClN4O2S/c1-4-23(14-5-6-26(24,25)10-14)17-9-16(20-11-21-17)22-18-13(3)7-12(2)8-15(18)19/h7-9,11,14H,4-6,10H2,1-3H3,(H,20,21,22). The van der Waals surface area contributed by atoms with Gasteiger partial charge in [-0.1, -0.05) is 17.7 Å². The largest absolute Gasteiger partial charge is 0.353 e. The summed E-state index contributed by atoms with van der Waals surface area (Å²) >= 11 is 6.37. The SMILES string of the molecule is CCN(c1cc(Nc2c(C)cc(C)cc2Cl)ncn1)C1CCS(=O)(=O)C1. The van der Waals surface area contributed by atoms with Gasteiger partial charge in [0.1, 0.15) is 18.0 Å². The van der Waals surface area contributed by atoms with Crippen LogP contribution in [-0.4, -0.2) is 42.5 Å². The molecule has 0 radical (unpaired) electrons. The van der Waals surface area contributed by atoms with E-state index >= 15 is 0 Å². The molecular formula is C18H23ClN4O2S. The highest BCUT2D eigenvalue weighted by molar-refractivity contribution is 7.91. The molecule has 1 saturated heterocycles. The Hall–Kier alpha value is -1.86. The van der Waals surface area contributed by atoms with Crippen molar-refractivity contribution in [1.82, 2.24) is 9.97 Å². The first-order valence-corrected chi connectivity index (χ1v) is 10.8. The number of nitrogens with one attached hydrogen (secondary N) is 1. The molecule has 0 bridgehead atoms. The third-order valence-corrected chi connectivity index (χ3v) is 6.67. The molecule has 0 saturated carbocycles. The first kappa shape index (κ1) is 18.9. The molecule has 2 heterocycles. The predicted octanol–water partition coefficient (Wildman–Crippen LogP) is 3.50. The van der Waals surface area contributed by atoms with Gasteiger partial charge in [-0.05, 0) is 44.4 Å². The summed E-state index contributed by atoms with van der Waals surface area (Å²) in [5, 5.41) is 3.90. The second-order valence-electron chi connectivity index (χ2n) is 6.67. The number of nitrogens with zero attached hydrogens (tertiary/aromatic N) is 3. The average Bonchev–Trinajstić information content (AvgIpc) is 2.92. The van der Waals surface area contributed by atoms with Crippen molar-refractivity contribution in [2.24, 2.45) is 0 Å². The molecule has 0 amide bonds. The van der Waals surface area contributed by atoms with Gasteiger partial charge in [-0.2, -0.15) is 0 Å². The maximum absolute atomic E-state index is 11.8. The lowest BCUT2D eigenvalue weighted by Crippen LogP contribution is -2.36. The van der Waals surface area contributed by atoms with E-state index in [-0.39, 0.29) is 17.5 Å². The van der Waals surface area contributed by atoms with E-state index in [0.717, 1.165) is 16.8 Å². The Labute approximate surface area is 159 Å². The Morgan fingerprint density at radius 2 is 2.04 bits per heavy atom. The molecular weight excluding hydrogens is 372 g/mol. The number of anilines is 3. The van der Waals surface area contributed by atoms with Crippen LogP contribution < -0.4 is 10.2 Å². The van der Waals surface area contributed by atoms with Crippen molar-refractivity contribution in [3.05, 3.63) is 40.7 Å². The highest BCUT2D eigenvalue weighted by atomic mass is 35.5. The number of rotatable bonds is 5. The van der Waals surface area contributed by atoms with E-state index in [0.29, 0.717) is 29.6 Å². The van der Waals surface area contributed by atoms with Gasteiger partial charge < -0.3 is 10.2 Å². The summed E-state index contributed by atoms with van der Waals surface area (Å²) in [6.07, 6.45) is 2.12. The molecule has 2 aromatic rings. The highest BCUT2D eigenvalue weighted by Crippen LogP contribution is 2.31. The van der Waals surface area contributed by atoms with E-state index < -0.39 is 9.84 Å². The van der Waals surface area contributed by atoms with Crippen molar-refractivity contribution in [3.8, 4) is 0 Å². The van der Waals surface area contributed by atoms with Crippen LogP contribution in [0.15, 0.2) is 24.5 Å². The van der Waals surface area contributed by atoms with Gasteiger partial charge in [0.15, 0.2) is 9.84 Å². The van der Waals surface area contributed by atoms with Gasteiger partial charge in [0.05, 0.1) is 22.2 Å². The fourth-order valence-corrected chi connectivity index (χ4v) is 5.50. The first-order chi connectivity index (χ1) is 12.3. The Morgan fingerprint density at radius 1 is 1.27 bits per heavy atom. The van der Waals surface area contributed by atoms with E-state index in [4.69, 9.17) is 11.6 Å². The fraction of sp³-hybridized carbons (Fsp3) is 0.444. The number of hydrogen-bond acceptors (Lipinski definition) is 6. The van der Waals surface area contributed by atoms with E-state index in [1.807, 2.05) is 37.8 Å². The molecule has 1 aliphatic heterocycles. The summed E-state index contributed by atoms with van der Waals surface area (Å²) < 4.78 is 23.6. The van der Waals surface area contributed by atoms with Gasteiger partial charge in [0.25, 0.3) is 0 Å². The normalized spacial score (nSPS) is 18.7. The molecule has 1 fully saturated rings. The zero-order chi connectivity index (χ0) is 18.9. The predicted molar refractivity (Wildman–Crippen MR) is 106 cm³/mol. The lowest BCUT2D eigenvalue weighted by Gasteiger charge is -2.28. The van der Waals surface area contributed by atoms with Crippen LogP contribution >= 0.6 is 11.6 Å². The van der Waals surface area contributed by atoms with Crippen LogP contribution in [0.25, 0.3) is 0 Å². The number of hydrogen-bond donors (Lipinski definition) is 1. The maximum Gasteiger partial charge on any atom is 0.152 e.